The fourth-order valence-corrected chi connectivity index (χ4v) is 2.83. The lowest BCUT2D eigenvalue weighted by atomic mass is 9.94. The molecular weight excluding hydrogens is 240 g/mol. The van der Waals surface area contributed by atoms with Crippen molar-refractivity contribution in [2.24, 2.45) is 5.73 Å². The molecule has 1 aliphatic rings. The molecule has 0 spiro atoms. The maximum absolute atomic E-state index is 11.4. The molecule has 0 radical (unpaired) electrons. The van der Waals surface area contributed by atoms with E-state index in [0.29, 0.717) is 17.3 Å². The molecule has 1 amide bonds. The number of aromatic nitrogens is 1. The zero-order chi connectivity index (χ0) is 13.8. The number of hydrogen-bond acceptors (Lipinski definition) is 4. The van der Waals surface area contributed by atoms with E-state index in [1.54, 1.807) is 6.07 Å². The first-order chi connectivity index (χ1) is 9.13. The minimum atomic E-state index is -0.499. The van der Waals surface area contributed by atoms with Crippen molar-refractivity contribution < 1.29 is 4.79 Å². The van der Waals surface area contributed by atoms with Gasteiger partial charge in [0.25, 0.3) is 5.91 Å². The maximum atomic E-state index is 11.4. The minimum absolute atomic E-state index is 0.343. The summed E-state index contributed by atoms with van der Waals surface area (Å²) in [7, 11) is 0. The minimum Gasteiger partial charge on any atom is -0.397 e. The van der Waals surface area contributed by atoms with E-state index in [2.05, 4.69) is 16.8 Å². The number of rotatable bonds is 4. The van der Waals surface area contributed by atoms with Crippen molar-refractivity contribution in [3.8, 4) is 0 Å². The number of nitrogen functional groups attached to an aromatic ring is 1. The van der Waals surface area contributed by atoms with E-state index < -0.39 is 5.91 Å². The molecule has 1 aliphatic carbocycles. The van der Waals surface area contributed by atoms with E-state index >= 15 is 0 Å². The molecular formula is C14H22N4O. The summed E-state index contributed by atoms with van der Waals surface area (Å²) in [5, 5.41) is 0. The van der Waals surface area contributed by atoms with E-state index in [9.17, 15) is 4.79 Å². The molecule has 1 fully saturated rings. The van der Waals surface area contributed by atoms with E-state index in [1.165, 1.54) is 38.3 Å². The number of nitrogens with zero attached hydrogens (tertiary/aromatic N) is 2. The molecule has 0 aliphatic heterocycles. The topological polar surface area (TPSA) is 85.2 Å². The lowest BCUT2D eigenvalue weighted by Crippen LogP contribution is -2.37. The van der Waals surface area contributed by atoms with Crippen molar-refractivity contribution in [1.82, 2.24) is 4.98 Å². The predicted molar refractivity (Wildman–Crippen MR) is 77.1 cm³/mol. The number of nitrogens with two attached hydrogens (primary N) is 2. The molecule has 1 aromatic rings. The fourth-order valence-electron chi connectivity index (χ4n) is 2.83. The monoisotopic (exact) mass is 262 g/mol. The standard InChI is InChI=1S/C14H22N4O/c1-2-18(10-6-4-3-5-7-10)13-8-11(14(16)19)12(15)9-17-13/h8-10H,2-7,15H2,1H3,(H2,16,19). The highest BCUT2D eigenvalue weighted by molar-refractivity contribution is 5.98. The first-order valence-corrected chi connectivity index (χ1v) is 6.95. The van der Waals surface area contributed by atoms with Crippen molar-refractivity contribution in [2.45, 2.75) is 45.1 Å². The van der Waals surface area contributed by atoms with Crippen LogP contribution in [0.5, 0.6) is 0 Å². The smallest absolute Gasteiger partial charge is 0.250 e. The van der Waals surface area contributed by atoms with Gasteiger partial charge in [-0.05, 0) is 25.8 Å². The van der Waals surface area contributed by atoms with Crippen LogP contribution >= 0.6 is 0 Å². The van der Waals surface area contributed by atoms with Gasteiger partial charge < -0.3 is 16.4 Å². The van der Waals surface area contributed by atoms with Gasteiger partial charge in [0.1, 0.15) is 5.82 Å². The Morgan fingerprint density at radius 1 is 1.42 bits per heavy atom. The average molecular weight is 262 g/mol. The Balaban J connectivity index is 2.27. The molecule has 0 atom stereocenters. The number of anilines is 2. The summed E-state index contributed by atoms with van der Waals surface area (Å²) in [6.07, 6.45) is 7.74. The quantitative estimate of drug-likeness (QED) is 0.868. The third kappa shape index (κ3) is 2.97. The Kier molecular flexibility index (Phi) is 4.24. The number of carbonyl (C=O) groups is 1. The molecule has 0 aromatic carbocycles. The predicted octanol–water partition coefficient (Wildman–Crippen LogP) is 1.92. The third-order valence-electron chi connectivity index (χ3n) is 3.84. The molecule has 0 unspecified atom stereocenters. The first-order valence-electron chi connectivity index (χ1n) is 6.95. The Morgan fingerprint density at radius 3 is 2.68 bits per heavy atom. The van der Waals surface area contributed by atoms with Crippen LogP contribution in [0.15, 0.2) is 12.3 Å². The zero-order valence-corrected chi connectivity index (χ0v) is 11.4. The summed E-state index contributed by atoms with van der Waals surface area (Å²) in [6, 6.07) is 2.23. The highest BCUT2D eigenvalue weighted by Gasteiger charge is 2.22. The Bertz CT molecular complexity index is 455. The van der Waals surface area contributed by atoms with Crippen LogP contribution in [-0.4, -0.2) is 23.5 Å². The van der Waals surface area contributed by atoms with Crippen LogP contribution in [0, 0.1) is 0 Å². The molecule has 5 nitrogen and oxygen atoms in total. The lowest BCUT2D eigenvalue weighted by molar-refractivity contribution is 0.100. The van der Waals surface area contributed by atoms with Gasteiger partial charge in [-0.3, -0.25) is 4.79 Å². The molecule has 4 N–H and O–H groups in total. The van der Waals surface area contributed by atoms with Gasteiger partial charge in [0.2, 0.25) is 0 Å². The first kappa shape index (κ1) is 13.6. The highest BCUT2D eigenvalue weighted by atomic mass is 16.1. The summed E-state index contributed by atoms with van der Waals surface area (Å²) in [4.78, 5) is 18.0. The van der Waals surface area contributed by atoms with E-state index in [-0.39, 0.29) is 0 Å². The Morgan fingerprint density at radius 2 is 2.11 bits per heavy atom. The number of hydrogen-bond donors (Lipinski definition) is 2. The summed E-state index contributed by atoms with van der Waals surface area (Å²) in [6.45, 7) is 2.98. The summed E-state index contributed by atoms with van der Waals surface area (Å²) in [5.74, 6) is 0.304. The lowest BCUT2D eigenvalue weighted by Gasteiger charge is -2.34. The number of primary amides is 1. The third-order valence-corrected chi connectivity index (χ3v) is 3.84. The van der Waals surface area contributed by atoms with Crippen LogP contribution in [0.2, 0.25) is 0 Å². The van der Waals surface area contributed by atoms with Crippen LogP contribution < -0.4 is 16.4 Å². The maximum Gasteiger partial charge on any atom is 0.250 e. The zero-order valence-electron chi connectivity index (χ0n) is 11.4. The number of pyridine rings is 1. The van der Waals surface area contributed by atoms with Gasteiger partial charge in [-0.1, -0.05) is 19.3 Å². The van der Waals surface area contributed by atoms with Gasteiger partial charge in [-0.2, -0.15) is 0 Å². The number of carbonyl (C=O) groups excluding carboxylic acids is 1. The van der Waals surface area contributed by atoms with Gasteiger partial charge in [0, 0.05) is 12.6 Å². The van der Waals surface area contributed by atoms with Crippen LogP contribution in [0.1, 0.15) is 49.4 Å². The summed E-state index contributed by atoms with van der Waals surface area (Å²) in [5.41, 5.74) is 11.8. The second kappa shape index (κ2) is 5.91. The molecule has 2 rings (SSSR count). The summed E-state index contributed by atoms with van der Waals surface area (Å²) >= 11 is 0. The normalized spacial score (nSPS) is 16.3. The Labute approximate surface area is 114 Å². The van der Waals surface area contributed by atoms with Crippen LogP contribution in [0.3, 0.4) is 0 Å². The average Bonchev–Trinajstić information content (AvgIpc) is 2.42. The van der Waals surface area contributed by atoms with Crippen LogP contribution in [-0.2, 0) is 0 Å². The van der Waals surface area contributed by atoms with Crippen LogP contribution in [0.4, 0.5) is 11.5 Å². The summed E-state index contributed by atoms with van der Waals surface area (Å²) < 4.78 is 0. The van der Waals surface area contributed by atoms with Crippen molar-refractivity contribution >= 4 is 17.4 Å². The Hall–Kier alpha value is -1.78. The van der Waals surface area contributed by atoms with Gasteiger partial charge in [-0.25, -0.2) is 4.98 Å². The van der Waals surface area contributed by atoms with Gasteiger partial charge in [-0.15, -0.1) is 0 Å². The molecule has 5 heteroatoms. The van der Waals surface area contributed by atoms with E-state index in [4.69, 9.17) is 11.5 Å². The molecule has 19 heavy (non-hydrogen) atoms. The van der Waals surface area contributed by atoms with Crippen molar-refractivity contribution in [2.75, 3.05) is 17.2 Å². The SMILES string of the molecule is CCN(c1cc(C(N)=O)c(N)cn1)C1CCCCC1. The van der Waals surface area contributed by atoms with E-state index in [1.807, 2.05) is 0 Å². The van der Waals surface area contributed by atoms with Gasteiger partial charge in [0.15, 0.2) is 0 Å². The molecule has 0 saturated heterocycles. The molecule has 0 bridgehead atoms. The molecule has 104 valence electrons. The fraction of sp³-hybridized carbons (Fsp3) is 0.571. The highest BCUT2D eigenvalue weighted by Crippen LogP contribution is 2.27. The van der Waals surface area contributed by atoms with Crippen molar-refractivity contribution in [3.05, 3.63) is 17.8 Å². The van der Waals surface area contributed by atoms with Crippen molar-refractivity contribution in [3.63, 3.8) is 0 Å². The molecule has 1 heterocycles. The molecule has 1 aromatic heterocycles. The van der Waals surface area contributed by atoms with E-state index in [0.717, 1.165) is 12.4 Å². The van der Waals surface area contributed by atoms with Crippen molar-refractivity contribution in [1.29, 1.82) is 0 Å². The van der Waals surface area contributed by atoms with Gasteiger partial charge in [0.05, 0.1) is 17.4 Å². The largest absolute Gasteiger partial charge is 0.397 e. The van der Waals surface area contributed by atoms with Crippen LogP contribution in [0.25, 0.3) is 0 Å². The second-order valence-corrected chi connectivity index (χ2v) is 5.07. The van der Waals surface area contributed by atoms with Gasteiger partial charge >= 0.3 is 0 Å². The molecule has 1 saturated carbocycles. The number of amides is 1. The second-order valence-electron chi connectivity index (χ2n) is 5.07.